The summed E-state index contributed by atoms with van der Waals surface area (Å²) in [4.78, 5) is 26.7. The number of thiazole rings is 1. The van der Waals surface area contributed by atoms with Crippen LogP contribution in [0.3, 0.4) is 0 Å². The number of hydrogen-bond acceptors (Lipinski definition) is 7. The van der Waals surface area contributed by atoms with Crippen molar-refractivity contribution < 1.29 is 22.7 Å². The van der Waals surface area contributed by atoms with Crippen LogP contribution in [0.5, 0.6) is 5.75 Å². The van der Waals surface area contributed by atoms with Crippen LogP contribution in [-0.4, -0.2) is 32.3 Å². The highest BCUT2D eigenvalue weighted by Gasteiger charge is 2.17. The van der Waals surface area contributed by atoms with E-state index in [1.54, 1.807) is 6.07 Å². The molecule has 29 heavy (non-hydrogen) atoms. The number of aromatic nitrogens is 1. The van der Waals surface area contributed by atoms with E-state index in [0.29, 0.717) is 32.5 Å². The van der Waals surface area contributed by atoms with Gasteiger partial charge in [-0.2, -0.15) is 0 Å². The van der Waals surface area contributed by atoms with Crippen molar-refractivity contribution in [1.29, 1.82) is 0 Å². The zero-order valence-corrected chi connectivity index (χ0v) is 17.4. The number of methoxy groups -OCH3 is 1. The number of ether oxygens (including phenoxy) is 1. The number of anilines is 3. The van der Waals surface area contributed by atoms with Crippen LogP contribution in [0.4, 0.5) is 16.5 Å². The Hall–Kier alpha value is -3.18. The number of amides is 2. The van der Waals surface area contributed by atoms with Gasteiger partial charge in [-0.25, -0.2) is 13.4 Å². The van der Waals surface area contributed by atoms with Crippen molar-refractivity contribution >= 4 is 59.9 Å². The van der Waals surface area contributed by atoms with E-state index in [2.05, 4.69) is 20.3 Å². The number of nitrogens with zero attached hydrogens (tertiary/aromatic N) is 1. The molecule has 2 aromatic carbocycles. The van der Waals surface area contributed by atoms with Gasteiger partial charge in [0.1, 0.15) is 11.3 Å². The molecule has 152 valence electrons. The lowest BCUT2D eigenvalue weighted by atomic mass is 10.3. The van der Waals surface area contributed by atoms with E-state index in [-0.39, 0.29) is 16.7 Å². The Labute approximate surface area is 171 Å². The molecule has 0 unspecified atom stereocenters. The number of rotatable bonds is 6. The molecule has 0 bridgehead atoms. The maximum absolute atomic E-state index is 12.7. The highest BCUT2D eigenvalue weighted by atomic mass is 32.2. The first-order valence-corrected chi connectivity index (χ1v) is 10.6. The third-order valence-electron chi connectivity index (χ3n) is 3.70. The Morgan fingerprint density at radius 1 is 1.00 bits per heavy atom. The van der Waals surface area contributed by atoms with E-state index in [0.717, 1.165) is 0 Å². The van der Waals surface area contributed by atoms with Gasteiger partial charge in [-0.1, -0.05) is 11.3 Å². The summed E-state index contributed by atoms with van der Waals surface area (Å²) in [5, 5.41) is 5.57. The SMILES string of the molecule is COc1cc(NS(=O)(=O)c2ccc(NC(C)=O)cc2)cc2sc(NC(C)=O)nc12. The topological polar surface area (TPSA) is 126 Å². The van der Waals surface area contributed by atoms with E-state index in [1.165, 1.54) is 62.6 Å². The third kappa shape index (κ3) is 4.81. The average Bonchev–Trinajstić information content (AvgIpc) is 3.02. The maximum Gasteiger partial charge on any atom is 0.261 e. The minimum absolute atomic E-state index is 0.0360. The van der Waals surface area contributed by atoms with Gasteiger partial charge in [0.2, 0.25) is 11.8 Å². The van der Waals surface area contributed by atoms with Gasteiger partial charge < -0.3 is 15.4 Å². The van der Waals surface area contributed by atoms with Crippen molar-refractivity contribution in [3.63, 3.8) is 0 Å². The van der Waals surface area contributed by atoms with Gasteiger partial charge in [0.15, 0.2) is 5.13 Å². The zero-order chi connectivity index (χ0) is 21.2. The fourth-order valence-corrected chi connectivity index (χ4v) is 4.56. The van der Waals surface area contributed by atoms with Gasteiger partial charge in [0, 0.05) is 25.6 Å². The first kappa shape index (κ1) is 20.6. The van der Waals surface area contributed by atoms with Crippen molar-refractivity contribution in [2.75, 3.05) is 22.5 Å². The first-order chi connectivity index (χ1) is 13.7. The molecule has 3 aromatic rings. The predicted octanol–water partition coefficient (Wildman–Crippen LogP) is 3.02. The van der Waals surface area contributed by atoms with Gasteiger partial charge in [0.05, 0.1) is 22.4 Å². The second-order valence-electron chi connectivity index (χ2n) is 6.04. The van der Waals surface area contributed by atoms with Crippen molar-refractivity contribution in [3.8, 4) is 5.75 Å². The van der Waals surface area contributed by atoms with Crippen LogP contribution in [0.15, 0.2) is 41.3 Å². The summed E-state index contributed by atoms with van der Waals surface area (Å²) in [6.45, 7) is 2.74. The highest BCUT2D eigenvalue weighted by molar-refractivity contribution is 7.92. The fourth-order valence-electron chi connectivity index (χ4n) is 2.55. The van der Waals surface area contributed by atoms with Gasteiger partial charge in [-0.3, -0.25) is 14.3 Å². The van der Waals surface area contributed by atoms with Gasteiger partial charge >= 0.3 is 0 Å². The van der Waals surface area contributed by atoms with Gasteiger partial charge in [-0.05, 0) is 30.3 Å². The second-order valence-corrected chi connectivity index (χ2v) is 8.75. The number of nitrogens with one attached hydrogen (secondary N) is 3. The fraction of sp³-hybridized carbons (Fsp3) is 0.167. The number of carbonyl (C=O) groups is 2. The number of sulfonamides is 1. The molecule has 0 fully saturated rings. The summed E-state index contributed by atoms with van der Waals surface area (Å²) < 4.78 is 33.9. The molecule has 3 N–H and O–H groups in total. The molecule has 0 aliphatic carbocycles. The zero-order valence-electron chi connectivity index (χ0n) is 15.8. The van der Waals surface area contributed by atoms with Crippen LogP contribution in [-0.2, 0) is 19.6 Å². The van der Waals surface area contributed by atoms with Crippen molar-refractivity contribution in [3.05, 3.63) is 36.4 Å². The van der Waals surface area contributed by atoms with E-state index in [4.69, 9.17) is 4.74 Å². The maximum atomic E-state index is 12.7. The lowest BCUT2D eigenvalue weighted by Crippen LogP contribution is -2.13. The third-order valence-corrected chi connectivity index (χ3v) is 6.02. The van der Waals surface area contributed by atoms with E-state index < -0.39 is 10.0 Å². The number of carbonyl (C=O) groups excluding carboxylic acids is 2. The van der Waals surface area contributed by atoms with Crippen LogP contribution in [0.1, 0.15) is 13.8 Å². The standard InChI is InChI=1S/C18H18N4O5S2/c1-10(23)19-12-4-6-14(7-5-12)29(25,26)22-13-8-15(27-3)17-16(9-13)28-18(21-17)20-11(2)24/h4-9,22H,1-3H3,(H,19,23)(H,20,21,24). The van der Waals surface area contributed by atoms with E-state index in [1.807, 2.05) is 0 Å². The Kier molecular flexibility index (Phi) is 5.71. The van der Waals surface area contributed by atoms with Crippen LogP contribution in [0.25, 0.3) is 10.2 Å². The lowest BCUT2D eigenvalue weighted by Gasteiger charge is -2.10. The number of hydrogen-bond donors (Lipinski definition) is 3. The molecule has 0 spiro atoms. The van der Waals surface area contributed by atoms with Crippen LogP contribution < -0.4 is 20.1 Å². The summed E-state index contributed by atoms with van der Waals surface area (Å²) in [5.74, 6) is -0.136. The van der Waals surface area contributed by atoms with Gasteiger partial charge in [0.25, 0.3) is 10.0 Å². The average molecular weight is 434 g/mol. The summed E-state index contributed by atoms with van der Waals surface area (Å²) in [6.07, 6.45) is 0. The molecule has 1 heterocycles. The van der Waals surface area contributed by atoms with Crippen molar-refractivity contribution in [2.24, 2.45) is 0 Å². The van der Waals surface area contributed by atoms with Crippen LogP contribution in [0, 0.1) is 0 Å². The second kappa shape index (κ2) is 8.05. The van der Waals surface area contributed by atoms with Crippen LogP contribution >= 0.6 is 11.3 Å². The molecule has 0 saturated carbocycles. The molecular weight excluding hydrogens is 416 g/mol. The Balaban J connectivity index is 1.91. The molecule has 0 aliphatic heterocycles. The summed E-state index contributed by atoms with van der Waals surface area (Å²) >= 11 is 1.20. The highest BCUT2D eigenvalue weighted by Crippen LogP contribution is 2.36. The number of fused-ring (bicyclic) bond motifs is 1. The molecule has 3 rings (SSSR count). The van der Waals surface area contributed by atoms with Crippen molar-refractivity contribution in [2.45, 2.75) is 18.7 Å². The number of benzene rings is 2. The first-order valence-electron chi connectivity index (χ1n) is 8.34. The summed E-state index contributed by atoms with van der Waals surface area (Å²) in [6, 6.07) is 8.92. The normalized spacial score (nSPS) is 11.1. The summed E-state index contributed by atoms with van der Waals surface area (Å²) in [5.41, 5.74) is 1.30. The lowest BCUT2D eigenvalue weighted by molar-refractivity contribution is -0.115. The van der Waals surface area contributed by atoms with Crippen molar-refractivity contribution in [1.82, 2.24) is 4.98 Å². The Bertz CT molecular complexity index is 1190. The summed E-state index contributed by atoms with van der Waals surface area (Å²) in [7, 11) is -2.42. The molecular formula is C18H18N4O5S2. The smallest absolute Gasteiger partial charge is 0.261 e. The molecule has 0 radical (unpaired) electrons. The van der Waals surface area contributed by atoms with Gasteiger partial charge in [-0.15, -0.1) is 0 Å². The largest absolute Gasteiger partial charge is 0.494 e. The molecule has 2 amide bonds. The molecule has 0 saturated heterocycles. The molecule has 9 nitrogen and oxygen atoms in total. The minimum atomic E-state index is -3.87. The van der Waals surface area contributed by atoms with Crippen LogP contribution in [0.2, 0.25) is 0 Å². The molecule has 0 aliphatic rings. The minimum Gasteiger partial charge on any atom is -0.494 e. The van der Waals surface area contributed by atoms with E-state index in [9.17, 15) is 18.0 Å². The molecule has 11 heteroatoms. The molecule has 1 aromatic heterocycles. The quantitative estimate of drug-likeness (QED) is 0.547. The Morgan fingerprint density at radius 2 is 1.66 bits per heavy atom. The van der Waals surface area contributed by atoms with E-state index >= 15 is 0 Å². The Morgan fingerprint density at radius 3 is 2.24 bits per heavy atom. The monoisotopic (exact) mass is 434 g/mol. The predicted molar refractivity (Wildman–Crippen MR) is 112 cm³/mol. The molecule has 0 atom stereocenters.